The van der Waals surface area contributed by atoms with Gasteiger partial charge in [0.05, 0.1) is 17.2 Å². The minimum Gasteiger partial charge on any atom is -0.368 e. The summed E-state index contributed by atoms with van der Waals surface area (Å²) in [4.78, 5) is 16.5. The van der Waals surface area contributed by atoms with Crippen molar-refractivity contribution in [2.75, 3.05) is 6.61 Å². The smallest absolute Gasteiger partial charge is 0.249 e. The second kappa shape index (κ2) is 7.51. The molecule has 1 N–H and O–H groups in total. The van der Waals surface area contributed by atoms with E-state index >= 15 is 0 Å². The minimum absolute atomic E-state index is 0.0173. The Hall–Kier alpha value is -1.72. The highest BCUT2D eigenvalue weighted by molar-refractivity contribution is 7.09. The summed E-state index contributed by atoms with van der Waals surface area (Å²) < 4.78 is 5.37. The van der Waals surface area contributed by atoms with Crippen LogP contribution in [0, 0.1) is 0 Å². The van der Waals surface area contributed by atoms with Gasteiger partial charge in [-0.15, -0.1) is 11.3 Å². The maximum atomic E-state index is 11.9. The predicted molar refractivity (Wildman–Crippen MR) is 86.8 cm³/mol. The summed E-state index contributed by atoms with van der Waals surface area (Å²) in [6.45, 7) is 1.18. The first-order valence-corrected chi connectivity index (χ1v) is 8.56. The van der Waals surface area contributed by atoms with Crippen molar-refractivity contribution in [1.82, 2.24) is 10.3 Å². The van der Waals surface area contributed by atoms with Crippen LogP contribution < -0.4 is 5.32 Å². The number of amides is 1. The van der Waals surface area contributed by atoms with Crippen molar-refractivity contribution in [3.05, 3.63) is 52.0 Å². The Kier molecular flexibility index (Phi) is 5.19. The lowest BCUT2D eigenvalue weighted by Crippen LogP contribution is -2.33. The fourth-order valence-electron chi connectivity index (χ4n) is 2.52. The van der Waals surface area contributed by atoms with E-state index in [1.54, 1.807) is 11.3 Å². The Balaban J connectivity index is 1.45. The minimum atomic E-state index is -0.267. The van der Waals surface area contributed by atoms with Crippen molar-refractivity contribution in [1.29, 1.82) is 0 Å². The molecule has 1 amide bonds. The number of aryl methyl sites for hydroxylation is 2. The molecule has 116 valence electrons. The van der Waals surface area contributed by atoms with Crippen molar-refractivity contribution in [3.63, 3.8) is 0 Å². The molecule has 0 aliphatic carbocycles. The molecule has 1 aliphatic heterocycles. The topological polar surface area (TPSA) is 51.2 Å². The molecule has 2 heterocycles. The predicted octanol–water partition coefficient (Wildman–Crippen LogP) is 2.72. The van der Waals surface area contributed by atoms with Gasteiger partial charge in [-0.3, -0.25) is 4.79 Å². The van der Waals surface area contributed by atoms with E-state index in [2.05, 4.69) is 34.6 Å². The lowest BCUT2D eigenvalue weighted by Gasteiger charge is -2.08. The summed E-state index contributed by atoms with van der Waals surface area (Å²) in [5.74, 6) is -0.0173. The maximum Gasteiger partial charge on any atom is 0.249 e. The number of rotatable bonds is 6. The average Bonchev–Trinajstić information content (AvgIpc) is 3.23. The molecule has 22 heavy (non-hydrogen) atoms. The molecule has 1 atom stereocenters. The zero-order chi connectivity index (χ0) is 15.2. The molecule has 4 nitrogen and oxygen atoms in total. The van der Waals surface area contributed by atoms with Crippen molar-refractivity contribution in [2.24, 2.45) is 0 Å². The van der Waals surface area contributed by atoms with E-state index in [1.165, 1.54) is 5.56 Å². The van der Waals surface area contributed by atoms with Crippen molar-refractivity contribution < 1.29 is 9.53 Å². The fraction of sp³-hybridized carbons (Fsp3) is 0.412. The zero-order valence-electron chi connectivity index (χ0n) is 12.5. The van der Waals surface area contributed by atoms with Crippen molar-refractivity contribution >= 4 is 17.2 Å². The summed E-state index contributed by atoms with van der Waals surface area (Å²) in [5.41, 5.74) is 2.25. The largest absolute Gasteiger partial charge is 0.368 e. The van der Waals surface area contributed by atoms with Crippen LogP contribution in [0.3, 0.4) is 0 Å². The van der Waals surface area contributed by atoms with Gasteiger partial charge in [-0.05, 0) is 24.8 Å². The number of nitrogens with zero attached hydrogens (tertiary/aromatic N) is 1. The van der Waals surface area contributed by atoms with Gasteiger partial charge in [0.1, 0.15) is 6.10 Å². The van der Waals surface area contributed by atoms with Gasteiger partial charge in [0.2, 0.25) is 5.91 Å². The molecule has 0 spiro atoms. The average molecular weight is 316 g/mol. The molecular formula is C17H20N2O2S. The molecule has 2 aromatic rings. The Labute approximate surface area is 134 Å². The number of nitrogens with one attached hydrogen (secondary N) is 1. The van der Waals surface area contributed by atoms with Gasteiger partial charge >= 0.3 is 0 Å². The van der Waals surface area contributed by atoms with Crippen LogP contribution in [-0.4, -0.2) is 23.6 Å². The molecule has 0 saturated carbocycles. The third-order valence-corrected chi connectivity index (χ3v) is 4.69. The van der Waals surface area contributed by atoms with Crippen LogP contribution in [0.4, 0.5) is 0 Å². The van der Waals surface area contributed by atoms with Crippen LogP contribution in [0.1, 0.15) is 29.1 Å². The van der Waals surface area contributed by atoms with E-state index in [0.717, 1.165) is 36.4 Å². The van der Waals surface area contributed by atoms with Gasteiger partial charge in [0.15, 0.2) is 0 Å². The number of hydrogen-bond acceptors (Lipinski definition) is 4. The second-order valence-corrected chi connectivity index (χ2v) is 6.38. The first-order chi connectivity index (χ1) is 10.8. The van der Waals surface area contributed by atoms with Gasteiger partial charge < -0.3 is 10.1 Å². The Morgan fingerprint density at radius 3 is 2.95 bits per heavy atom. The molecular weight excluding hydrogens is 296 g/mol. The zero-order valence-corrected chi connectivity index (χ0v) is 13.3. The Morgan fingerprint density at radius 1 is 1.32 bits per heavy atom. The summed E-state index contributed by atoms with van der Waals surface area (Å²) in [6.07, 6.45) is 3.46. The van der Waals surface area contributed by atoms with Crippen LogP contribution in [-0.2, 0) is 28.9 Å². The highest BCUT2D eigenvalue weighted by Crippen LogP contribution is 2.14. The normalized spacial score (nSPS) is 17.5. The summed E-state index contributed by atoms with van der Waals surface area (Å²) in [5, 5.41) is 6.05. The first-order valence-electron chi connectivity index (χ1n) is 7.68. The van der Waals surface area contributed by atoms with Gasteiger partial charge in [-0.2, -0.15) is 0 Å². The summed E-state index contributed by atoms with van der Waals surface area (Å²) >= 11 is 1.66. The fourth-order valence-corrected chi connectivity index (χ4v) is 3.31. The molecule has 1 aliphatic rings. The lowest BCUT2D eigenvalue weighted by atomic mass is 10.1. The monoisotopic (exact) mass is 316 g/mol. The van der Waals surface area contributed by atoms with Gasteiger partial charge in [0.25, 0.3) is 0 Å². The molecule has 0 unspecified atom stereocenters. The third kappa shape index (κ3) is 4.15. The number of thiazole rings is 1. The summed E-state index contributed by atoms with van der Waals surface area (Å²) in [7, 11) is 0. The van der Waals surface area contributed by atoms with E-state index in [-0.39, 0.29) is 12.0 Å². The molecule has 0 bridgehead atoms. The van der Waals surface area contributed by atoms with Crippen LogP contribution in [0.15, 0.2) is 35.7 Å². The van der Waals surface area contributed by atoms with Crippen LogP contribution >= 0.6 is 11.3 Å². The SMILES string of the molecule is O=C(NCc1csc(CCc2ccccc2)n1)[C@H]1CCCO1. The molecule has 1 saturated heterocycles. The van der Waals surface area contributed by atoms with Crippen molar-refractivity contribution in [3.8, 4) is 0 Å². The number of hydrogen-bond donors (Lipinski definition) is 1. The molecule has 1 aromatic carbocycles. The third-order valence-electron chi connectivity index (χ3n) is 3.74. The van der Waals surface area contributed by atoms with Crippen LogP contribution in [0.2, 0.25) is 0 Å². The Morgan fingerprint density at radius 2 is 2.18 bits per heavy atom. The van der Waals surface area contributed by atoms with E-state index < -0.39 is 0 Å². The highest BCUT2D eigenvalue weighted by atomic mass is 32.1. The maximum absolute atomic E-state index is 11.9. The molecule has 1 fully saturated rings. The van der Waals surface area contributed by atoms with E-state index in [1.807, 2.05) is 11.4 Å². The van der Waals surface area contributed by atoms with E-state index in [9.17, 15) is 4.79 Å². The lowest BCUT2D eigenvalue weighted by molar-refractivity contribution is -0.130. The van der Waals surface area contributed by atoms with Crippen molar-refractivity contribution in [2.45, 2.75) is 38.3 Å². The van der Waals surface area contributed by atoms with Crippen LogP contribution in [0.25, 0.3) is 0 Å². The van der Waals surface area contributed by atoms with E-state index in [0.29, 0.717) is 13.2 Å². The van der Waals surface area contributed by atoms with Gasteiger partial charge in [0, 0.05) is 18.4 Å². The summed E-state index contributed by atoms with van der Waals surface area (Å²) in [6, 6.07) is 10.4. The molecule has 0 radical (unpaired) electrons. The molecule has 3 rings (SSSR count). The second-order valence-electron chi connectivity index (χ2n) is 5.44. The Bertz CT molecular complexity index is 606. The van der Waals surface area contributed by atoms with Crippen LogP contribution in [0.5, 0.6) is 0 Å². The molecule has 1 aromatic heterocycles. The highest BCUT2D eigenvalue weighted by Gasteiger charge is 2.23. The van der Waals surface area contributed by atoms with Gasteiger partial charge in [-0.25, -0.2) is 4.98 Å². The van der Waals surface area contributed by atoms with E-state index in [4.69, 9.17) is 4.74 Å². The molecule has 5 heteroatoms. The number of carbonyl (C=O) groups is 1. The van der Waals surface area contributed by atoms with Gasteiger partial charge in [-0.1, -0.05) is 30.3 Å². The first kappa shape index (κ1) is 15.2. The quantitative estimate of drug-likeness (QED) is 0.891. The number of ether oxygens (including phenoxy) is 1. The number of aromatic nitrogens is 1. The number of benzene rings is 1. The standard InChI is InChI=1S/C17H20N2O2S/c20-17(15-7-4-10-21-15)18-11-14-12-22-16(19-14)9-8-13-5-2-1-3-6-13/h1-3,5-6,12,15H,4,7-11H2,(H,18,20)/t15-/m1/s1. The number of carbonyl (C=O) groups excluding carboxylic acids is 1.